The van der Waals surface area contributed by atoms with Gasteiger partial charge in [-0.3, -0.25) is 9.36 Å². The minimum absolute atomic E-state index is 0.168. The molecule has 5 aromatic rings. The van der Waals surface area contributed by atoms with Crippen LogP contribution in [0.15, 0.2) is 99.9 Å². The van der Waals surface area contributed by atoms with E-state index in [-0.39, 0.29) is 24.6 Å². The molecule has 47 heavy (non-hydrogen) atoms. The van der Waals surface area contributed by atoms with E-state index in [0.29, 0.717) is 54.7 Å². The molecule has 7 nitrogen and oxygen atoms in total. The van der Waals surface area contributed by atoms with Crippen LogP contribution < -0.4 is 24.4 Å². The number of hydrogen-bond acceptors (Lipinski definition) is 7. The van der Waals surface area contributed by atoms with Gasteiger partial charge in [0.1, 0.15) is 30.0 Å². The molecule has 4 aromatic carbocycles. The van der Waals surface area contributed by atoms with Crippen molar-refractivity contribution in [3.8, 4) is 11.5 Å². The zero-order valence-corrected chi connectivity index (χ0v) is 27.7. The lowest BCUT2D eigenvalue weighted by atomic mass is 9.90. The van der Waals surface area contributed by atoms with Crippen LogP contribution in [0.3, 0.4) is 0 Å². The molecule has 6 rings (SSSR count). The van der Waals surface area contributed by atoms with Crippen molar-refractivity contribution in [3.05, 3.63) is 137 Å². The van der Waals surface area contributed by atoms with Crippen molar-refractivity contribution in [1.29, 1.82) is 0 Å². The average Bonchev–Trinajstić information content (AvgIpc) is 3.38. The van der Waals surface area contributed by atoms with Crippen LogP contribution in [0.1, 0.15) is 49.4 Å². The first kappa shape index (κ1) is 32.2. The van der Waals surface area contributed by atoms with Crippen LogP contribution in [0.5, 0.6) is 11.5 Å². The Kier molecular flexibility index (Phi) is 9.56. The largest absolute Gasteiger partial charge is 0.496 e. The molecule has 240 valence electrons. The quantitative estimate of drug-likeness (QED) is 0.148. The number of fused-ring (bicyclic) bond motifs is 2. The third kappa shape index (κ3) is 6.46. The Bertz CT molecular complexity index is 2190. The number of aromatic nitrogens is 1. The standard InChI is InChI=1S/C37H32ClFN2O5S/c1-4-8-28-33(36(43)45-5-2)34(32-27-10-7-6-9-23(27)13-17-30(32)44-3)41-35(42)31(47-37(41)40-28)20-24-19-25(38)14-18-29(24)46-21-22-11-15-26(39)16-12-22/h6-7,9-20,34H,4-5,8,21H2,1-3H3/b31-20-/t34-/m1/s1. The highest BCUT2D eigenvalue weighted by Gasteiger charge is 2.37. The van der Waals surface area contributed by atoms with Gasteiger partial charge in [0.2, 0.25) is 0 Å². The number of ether oxygens (including phenoxy) is 3. The van der Waals surface area contributed by atoms with Crippen LogP contribution >= 0.6 is 22.9 Å². The van der Waals surface area contributed by atoms with Gasteiger partial charge in [-0.15, -0.1) is 0 Å². The van der Waals surface area contributed by atoms with Crippen molar-refractivity contribution in [3.63, 3.8) is 0 Å². The van der Waals surface area contributed by atoms with Gasteiger partial charge in [-0.2, -0.15) is 0 Å². The molecule has 0 amide bonds. The highest BCUT2D eigenvalue weighted by Crippen LogP contribution is 2.41. The van der Waals surface area contributed by atoms with Gasteiger partial charge in [0.15, 0.2) is 4.80 Å². The fraction of sp³-hybridized carbons (Fsp3) is 0.216. The molecule has 0 bridgehead atoms. The summed E-state index contributed by atoms with van der Waals surface area (Å²) in [5.41, 5.74) is 2.60. The van der Waals surface area contributed by atoms with Gasteiger partial charge in [0, 0.05) is 16.1 Å². The monoisotopic (exact) mass is 670 g/mol. The average molecular weight is 671 g/mol. The first-order valence-corrected chi connectivity index (χ1v) is 16.5. The van der Waals surface area contributed by atoms with Crippen molar-refractivity contribution < 1.29 is 23.4 Å². The SMILES string of the molecule is CCCC1=C(C(=O)OCC)[C@@H](c2c(OC)ccc3ccccc23)n2c(s/c(=C\c3cc(Cl)ccc3OCc3ccc(F)cc3)c2=O)=N1. The van der Waals surface area contributed by atoms with E-state index in [1.165, 1.54) is 23.5 Å². The fourth-order valence-electron chi connectivity index (χ4n) is 5.78. The number of carbonyl (C=O) groups is 1. The number of esters is 1. The highest BCUT2D eigenvalue weighted by molar-refractivity contribution is 7.07. The summed E-state index contributed by atoms with van der Waals surface area (Å²) in [7, 11) is 1.57. The molecule has 0 radical (unpaired) electrons. The molecule has 0 spiro atoms. The Morgan fingerprint density at radius 3 is 2.55 bits per heavy atom. The summed E-state index contributed by atoms with van der Waals surface area (Å²) in [4.78, 5) is 33.6. The number of thiazole rings is 1. The summed E-state index contributed by atoms with van der Waals surface area (Å²) in [5.74, 6) is 0.175. The normalized spacial score (nSPS) is 14.6. The topological polar surface area (TPSA) is 79.1 Å². The van der Waals surface area contributed by atoms with Crippen LogP contribution in [0.4, 0.5) is 4.39 Å². The summed E-state index contributed by atoms with van der Waals surface area (Å²) in [6.07, 6.45) is 2.96. The van der Waals surface area contributed by atoms with E-state index >= 15 is 0 Å². The van der Waals surface area contributed by atoms with Crippen molar-refractivity contribution in [1.82, 2.24) is 4.57 Å². The lowest BCUT2D eigenvalue weighted by Crippen LogP contribution is -2.40. The maximum Gasteiger partial charge on any atom is 0.338 e. The molecule has 0 aliphatic carbocycles. The second-order valence-electron chi connectivity index (χ2n) is 10.9. The number of benzene rings is 4. The molecule has 0 saturated carbocycles. The Hall–Kier alpha value is -4.73. The minimum atomic E-state index is -0.858. The van der Waals surface area contributed by atoms with Crippen LogP contribution in [0.25, 0.3) is 16.8 Å². The highest BCUT2D eigenvalue weighted by atomic mass is 35.5. The summed E-state index contributed by atoms with van der Waals surface area (Å²) in [6.45, 7) is 4.12. The molecule has 2 heterocycles. The molecule has 0 N–H and O–H groups in total. The second kappa shape index (κ2) is 13.9. The molecule has 1 aliphatic heterocycles. The van der Waals surface area contributed by atoms with Crippen molar-refractivity contribution >= 4 is 45.8 Å². The third-order valence-electron chi connectivity index (χ3n) is 7.88. The van der Waals surface area contributed by atoms with Gasteiger partial charge in [-0.05, 0) is 72.2 Å². The van der Waals surface area contributed by atoms with Gasteiger partial charge in [0.25, 0.3) is 5.56 Å². The molecule has 10 heteroatoms. The van der Waals surface area contributed by atoms with Gasteiger partial charge >= 0.3 is 5.97 Å². The molecule has 0 fully saturated rings. The molecule has 0 saturated heterocycles. The Balaban J connectivity index is 1.57. The minimum Gasteiger partial charge on any atom is -0.496 e. The van der Waals surface area contributed by atoms with E-state index in [1.807, 2.05) is 43.3 Å². The lowest BCUT2D eigenvalue weighted by Gasteiger charge is -2.28. The van der Waals surface area contributed by atoms with E-state index in [1.54, 1.807) is 55.0 Å². The summed E-state index contributed by atoms with van der Waals surface area (Å²) < 4.78 is 32.9. The maximum atomic E-state index is 14.5. The van der Waals surface area contributed by atoms with Crippen LogP contribution in [-0.2, 0) is 16.1 Å². The fourth-order valence-corrected chi connectivity index (χ4v) is 6.97. The predicted octanol–water partition coefficient (Wildman–Crippen LogP) is 7.11. The number of methoxy groups -OCH3 is 1. The van der Waals surface area contributed by atoms with E-state index in [4.69, 9.17) is 30.8 Å². The number of allylic oxidation sites excluding steroid dienone is 1. The number of nitrogens with zero attached hydrogens (tertiary/aromatic N) is 2. The van der Waals surface area contributed by atoms with Crippen LogP contribution in [0.2, 0.25) is 5.02 Å². The number of carbonyl (C=O) groups excluding carboxylic acids is 1. The van der Waals surface area contributed by atoms with E-state index in [0.717, 1.165) is 22.8 Å². The van der Waals surface area contributed by atoms with Gasteiger partial charge in [0.05, 0.1) is 29.5 Å². The summed E-state index contributed by atoms with van der Waals surface area (Å²) in [5, 5.41) is 2.24. The van der Waals surface area contributed by atoms with Crippen LogP contribution in [0, 0.1) is 5.82 Å². The zero-order valence-electron chi connectivity index (χ0n) is 26.1. The molecule has 1 atom stereocenters. The Morgan fingerprint density at radius 2 is 1.81 bits per heavy atom. The summed E-state index contributed by atoms with van der Waals surface area (Å²) >= 11 is 7.62. The number of halogens is 2. The van der Waals surface area contributed by atoms with E-state index < -0.39 is 12.0 Å². The first-order chi connectivity index (χ1) is 22.8. The molecular formula is C37H32ClFN2O5S. The smallest absolute Gasteiger partial charge is 0.338 e. The van der Waals surface area contributed by atoms with E-state index in [2.05, 4.69) is 0 Å². The maximum absolute atomic E-state index is 14.5. The van der Waals surface area contributed by atoms with Gasteiger partial charge in [-0.1, -0.05) is 78.7 Å². The number of hydrogen-bond donors (Lipinski definition) is 0. The molecule has 1 aliphatic rings. The van der Waals surface area contributed by atoms with Gasteiger partial charge < -0.3 is 14.2 Å². The zero-order chi connectivity index (χ0) is 33.1. The summed E-state index contributed by atoms with van der Waals surface area (Å²) in [6, 6.07) is 22.0. The van der Waals surface area contributed by atoms with Gasteiger partial charge in [-0.25, -0.2) is 14.2 Å². The Morgan fingerprint density at radius 1 is 1.04 bits per heavy atom. The Labute approximate surface area is 279 Å². The first-order valence-electron chi connectivity index (χ1n) is 15.3. The van der Waals surface area contributed by atoms with Crippen molar-refractivity contribution in [2.45, 2.75) is 39.3 Å². The third-order valence-corrected chi connectivity index (χ3v) is 9.10. The lowest BCUT2D eigenvalue weighted by molar-refractivity contribution is -0.139. The van der Waals surface area contributed by atoms with E-state index in [9.17, 15) is 14.0 Å². The van der Waals surface area contributed by atoms with Crippen molar-refractivity contribution in [2.24, 2.45) is 4.99 Å². The molecule has 1 aromatic heterocycles. The van der Waals surface area contributed by atoms with Crippen molar-refractivity contribution in [2.75, 3.05) is 13.7 Å². The van der Waals surface area contributed by atoms with Crippen LogP contribution in [-0.4, -0.2) is 24.3 Å². The molecule has 0 unspecified atom stereocenters. The second-order valence-corrected chi connectivity index (χ2v) is 12.4. The molecular weight excluding hydrogens is 639 g/mol. The number of rotatable bonds is 10. The predicted molar refractivity (Wildman–Crippen MR) is 182 cm³/mol.